The normalized spacial score (nSPS) is 22.9. The Hall–Kier alpha value is -1.19. The number of carbonyl (C=O) groups excluding carboxylic acids is 1. The third kappa shape index (κ3) is 0.497. The van der Waals surface area contributed by atoms with Crippen LogP contribution in [0.3, 0.4) is 0 Å². The molecule has 0 aromatic heterocycles. The second kappa shape index (κ2) is 1.40. The quantitative estimate of drug-likeness (QED) is 0.470. The van der Waals surface area contributed by atoms with Gasteiger partial charge in [0.15, 0.2) is 0 Å². The molecule has 4 heteroatoms. The van der Waals surface area contributed by atoms with Gasteiger partial charge in [0.2, 0.25) is 0 Å². The molecule has 0 N–H and O–H groups in total. The fourth-order valence-electron chi connectivity index (χ4n) is 0.986. The van der Waals surface area contributed by atoms with Crippen molar-refractivity contribution < 1.29 is 4.79 Å². The highest BCUT2D eigenvalue weighted by Crippen LogP contribution is 2.21. The van der Waals surface area contributed by atoms with E-state index in [9.17, 15) is 4.79 Å². The van der Waals surface area contributed by atoms with Crippen molar-refractivity contribution in [3.63, 3.8) is 0 Å². The maximum atomic E-state index is 10.7. The Bertz CT molecular complexity index is 218. The summed E-state index contributed by atoms with van der Waals surface area (Å²) in [5, 5.41) is 8.61. The van der Waals surface area contributed by atoms with Crippen molar-refractivity contribution in [2.24, 2.45) is 10.3 Å². The Morgan fingerprint density at radius 2 is 2.56 bits per heavy atom. The number of fused-ring (bicyclic) bond motifs is 1. The van der Waals surface area contributed by atoms with Crippen LogP contribution in [0.25, 0.3) is 0 Å². The Balaban J connectivity index is 2.40. The number of hydrogen-bond donors (Lipinski definition) is 0. The van der Waals surface area contributed by atoms with E-state index in [2.05, 4.69) is 10.3 Å². The van der Waals surface area contributed by atoms with Crippen LogP contribution in [0.2, 0.25) is 0 Å². The van der Waals surface area contributed by atoms with Crippen molar-refractivity contribution in [2.45, 2.75) is 6.42 Å². The Morgan fingerprint density at radius 3 is 3.33 bits per heavy atom. The van der Waals surface area contributed by atoms with Gasteiger partial charge in [-0.15, -0.1) is 0 Å². The third-order valence-electron chi connectivity index (χ3n) is 1.42. The van der Waals surface area contributed by atoms with Gasteiger partial charge < -0.3 is 0 Å². The molecule has 0 bridgehead atoms. The minimum Gasteiger partial charge on any atom is -0.263 e. The van der Waals surface area contributed by atoms with E-state index < -0.39 is 0 Å². The fraction of sp³-hybridized carbons (Fsp3) is 0.400. The average molecular weight is 123 g/mol. The predicted octanol–water partition coefficient (Wildman–Crippen LogP) is 0.483. The highest BCUT2D eigenvalue weighted by Gasteiger charge is 2.26. The van der Waals surface area contributed by atoms with Crippen LogP contribution in [-0.4, -0.2) is 17.5 Å². The zero-order valence-electron chi connectivity index (χ0n) is 4.74. The van der Waals surface area contributed by atoms with Crippen LogP contribution in [-0.2, 0) is 4.79 Å². The summed E-state index contributed by atoms with van der Waals surface area (Å²) >= 11 is 0. The molecule has 0 fully saturated rings. The molecule has 46 valence electrons. The van der Waals surface area contributed by atoms with Crippen LogP contribution in [0, 0.1) is 0 Å². The van der Waals surface area contributed by atoms with Crippen molar-refractivity contribution in [2.75, 3.05) is 6.54 Å². The van der Waals surface area contributed by atoms with Gasteiger partial charge in [-0.2, -0.15) is 0 Å². The summed E-state index contributed by atoms with van der Waals surface area (Å²) in [5.41, 5.74) is 0.648. The molecular weight excluding hydrogens is 118 g/mol. The van der Waals surface area contributed by atoms with Crippen molar-refractivity contribution in [3.8, 4) is 0 Å². The molecule has 0 spiro atoms. The average Bonchev–Trinajstić information content (AvgIpc) is 2.35. The van der Waals surface area contributed by atoms with Crippen LogP contribution in [0.5, 0.6) is 0 Å². The predicted molar refractivity (Wildman–Crippen MR) is 29.3 cm³/mol. The monoisotopic (exact) mass is 123 g/mol. The largest absolute Gasteiger partial charge is 0.314 e. The third-order valence-corrected chi connectivity index (χ3v) is 1.42. The molecule has 0 saturated heterocycles. The van der Waals surface area contributed by atoms with Gasteiger partial charge >= 0.3 is 5.91 Å². The van der Waals surface area contributed by atoms with Crippen molar-refractivity contribution in [3.05, 3.63) is 11.8 Å². The molecule has 1 amide bonds. The second-order valence-electron chi connectivity index (χ2n) is 2.00. The van der Waals surface area contributed by atoms with Crippen molar-refractivity contribution in [1.82, 2.24) is 5.01 Å². The van der Waals surface area contributed by atoms with Gasteiger partial charge in [-0.3, -0.25) is 4.79 Å². The number of carbonyl (C=O) groups is 1. The molecule has 0 aliphatic carbocycles. The van der Waals surface area contributed by atoms with Gasteiger partial charge in [-0.1, -0.05) is 16.4 Å². The highest BCUT2D eigenvalue weighted by atomic mass is 16.2. The summed E-state index contributed by atoms with van der Waals surface area (Å²) in [6, 6.07) is 0. The molecule has 0 radical (unpaired) electrons. The van der Waals surface area contributed by atoms with Gasteiger partial charge in [0.05, 0.1) is 0 Å². The van der Waals surface area contributed by atoms with Crippen LogP contribution in [0.15, 0.2) is 22.1 Å². The van der Waals surface area contributed by atoms with Crippen molar-refractivity contribution in [1.29, 1.82) is 0 Å². The number of amides is 1. The number of hydrogen-bond acceptors (Lipinski definition) is 3. The van der Waals surface area contributed by atoms with E-state index in [-0.39, 0.29) is 5.91 Å². The van der Waals surface area contributed by atoms with Crippen LogP contribution < -0.4 is 0 Å². The maximum absolute atomic E-state index is 10.7. The first-order chi connectivity index (χ1) is 4.38. The summed E-state index contributed by atoms with van der Waals surface area (Å²) in [7, 11) is 0. The lowest BCUT2D eigenvalue weighted by Crippen LogP contribution is -2.09. The molecule has 2 aliphatic rings. The van der Waals surface area contributed by atoms with E-state index in [1.54, 1.807) is 5.01 Å². The summed E-state index contributed by atoms with van der Waals surface area (Å²) in [5.74, 6) is -0.201. The standard InChI is InChI=1S/C5H5N3O/c9-5-4-2-1-3-8(4)7-6-5/h2H,1,3H2. The lowest BCUT2D eigenvalue weighted by atomic mass is 10.4. The highest BCUT2D eigenvalue weighted by molar-refractivity contribution is 5.94. The Morgan fingerprint density at radius 1 is 1.67 bits per heavy atom. The first-order valence-electron chi connectivity index (χ1n) is 2.81. The first-order valence-corrected chi connectivity index (χ1v) is 2.81. The Labute approximate surface area is 51.8 Å². The molecule has 0 aromatic rings. The lowest BCUT2D eigenvalue weighted by Gasteiger charge is -2.01. The summed E-state index contributed by atoms with van der Waals surface area (Å²) in [6.07, 6.45) is 2.78. The van der Waals surface area contributed by atoms with E-state index in [1.165, 1.54) is 0 Å². The van der Waals surface area contributed by atoms with E-state index in [1.807, 2.05) is 6.08 Å². The molecule has 0 aromatic carbocycles. The number of nitrogens with zero attached hydrogens (tertiary/aromatic N) is 3. The molecule has 9 heavy (non-hydrogen) atoms. The SMILES string of the molecule is O=C1N=NN2CCC=C12. The first kappa shape index (κ1) is 4.67. The van der Waals surface area contributed by atoms with Gasteiger partial charge in [-0.25, -0.2) is 5.01 Å². The van der Waals surface area contributed by atoms with Gasteiger partial charge in [0.25, 0.3) is 0 Å². The molecule has 4 nitrogen and oxygen atoms in total. The summed E-state index contributed by atoms with van der Waals surface area (Å²) < 4.78 is 0. The van der Waals surface area contributed by atoms with E-state index in [0.717, 1.165) is 13.0 Å². The summed E-state index contributed by atoms with van der Waals surface area (Å²) in [4.78, 5) is 10.7. The van der Waals surface area contributed by atoms with Crippen molar-refractivity contribution >= 4 is 5.91 Å². The zero-order valence-corrected chi connectivity index (χ0v) is 4.74. The molecule has 0 saturated carbocycles. The zero-order chi connectivity index (χ0) is 6.27. The fourth-order valence-corrected chi connectivity index (χ4v) is 0.986. The van der Waals surface area contributed by atoms with E-state index >= 15 is 0 Å². The van der Waals surface area contributed by atoms with E-state index in [0.29, 0.717) is 5.70 Å². The van der Waals surface area contributed by atoms with Crippen LogP contribution in [0.4, 0.5) is 0 Å². The topological polar surface area (TPSA) is 45.0 Å². The molecular formula is C5H5N3O. The summed E-state index contributed by atoms with van der Waals surface area (Å²) in [6.45, 7) is 0.810. The molecule has 0 unspecified atom stereocenters. The van der Waals surface area contributed by atoms with Crippen LogP contribution >= 0.6 is 0 Å². The van der Waals surface area contributed by atoms with Gasteiger partial charge in [0.1, 0.15) is 5.70 Å². The van der Waals surface area contributed by atoms with E-state index in [4.69, 9.17) is 0 Å². The van der Waals surface area contributed by atoms with Gasteiger partial charge in [0, 0.05) is 6.54 Å². The molecule has 0 atom stereocenters. The molecule has 2 aliphatic heterocycles. The maximum Gasteiger partial charge on any atom is 0.314 e. The second-order valence-corrected chi connectivity index (χ2v) is 2.00. The van der Waals surface area contributed by atoms with Gasteiger partial charge in [-0.05, 0) is 6.42 Å². The Kier molecular flexibility index (Phi) is 0.726. The minimum atomic E-state index is -0.201. The lowest BCUT2D eigenvalue weighted by molar-refractivity contribution is -0.114. The number of rotatable bonds is 0. The molecule has 2 heterocycles. The van der Waals surface area contributed by atoms with Crippen LogP contribution in [0.1, 0.15) is 6.42 Å². The molecule has 2 rings (SSSR count). The smallest absolute Gasteiger partial charge is 0.263 e. The minimum absolute atomic E-state index is 0.201.